The predicted molar refractivity (Wildman–Crippen MR) is 82.3 cm³/mol. The van der Waals surface area contributed by atoms with Crippen molar-refractivity contribution in [3.8, 4) is 0 Å². The van der Waals surface area contributed by atoms with Crippen molar-refractivity contribution in [2.24, 2.45) is 0 Å². The van der Waals surface area contributed by atoms with Gasteiger partial charge < -0.3 is 9.55 Å². The number of nitrogens with zero attached hydrogens (tertiary/aromatic N) is 3. The van der Waals surface area contributed by atoms with E-state index in [0.717, 1.165) is 17.5 Å². The van der Waals surface area contributed by atoms with E-state index in [1.165, 1.54) is 10.9 Å². The third kappa shape index (κ3) is 3.27. The summed E-state index contributed by atoms with van der Waals surface area (Å²) < 4.78 is 40.5. The van der Waals surface area contributed by atoms with E-state index in [9.17, 15) is 18.0 Å². The molecule has 1 N–H and O–H groups in total. The minimum absolute atomic E-state index is 0.0392. The van der Waals surface area contributed by atoms with Gasteiger partial charge in [0.15, 0.2) is 10.9 Å². The number of fused-ring (bicyclic) bond motifs is 1. The summed E-state index contributed by atoms with van der Waals surface area (Å²) in [4.78, 5) is 22.4. The zero-order chi connectivity index (χ0) is 16.6. The van der Waals surface area contributed by atoms with Gasteiger partial charge in [-0.1, -0.05) is 11.8 Å². The minimum Gasteiger partial charge on any atom is -0.334 e. The average molecular weight is 362 g/mol. The lowest BCUT2D eigenvalue weighted by atomic mass is 10.3. The van der Waals surface area contributed by atoms with E-state index in [4.69, 9.17) is 0 Å². The van der Waals surface area contributed by atoms with Crippen molar-refractivity contribution in [3.05, 3.63) is 39.3 Å². The van der Waals surface area contributed by atoms with Gasteiger partial charge in [-0.3, -0.25) is 4.79 Å². The molecule has 0 saturated heterocycles. The summed E-state index contributed by atoms with van der Waals surface area (Å²) in [5.41, 5.74) is 0.381. The number of halogens is 3. The molecule has 0 fully saturated rings. The van der Waals surface area contributed by atoms with Gasteiger partial charge in [0.1, 0.15) is 0 Å². The first-order chi connectivity index (χ1) is 10.9. The molecule has 1 aliphatic rings. The third-order valence-corrected chi connectivity index (χ3v) is 5.32. The molecule has 2 aromatic rings. The van der Waals surface area contributed by atoms with E-state index < -0.39 is 11.9 Å². The lowest BCUT2D eigenvalue weighted by Crippen LogP contribution is -2.15. The second-order valence-corrected chi connectivity index (χ2v) is 6.85. The van der Waals surface area contributed by atoms with Gasteiger partial charge in [0, 0.05) is 29.4 Å². The fraction of sp³-hybridized carbons (Fsp3) is 0.462. The monoisotopic (exact) mass is 362 g/mol. The molecule has 0 aliphatic carbocycles. The standard InChI is InChI=1S/C13H13F3N4OS2/c1-2-20-6-17-10(13(14,15)16)9(20)5-23-12-18-8-4-22-3-7(8)11(21)19-12/h6H,2-5H2,1H3,(H,18,19,21). The fourth-order valence-electron chi connectivity index (χ4n) is 2.31. The van der Waals surface area contributed by atoms with Crippen molar-refractivity contribution in [1.29, 1.82) is 0 Å². The molecular formula is C13H13F3N4OS2. The maximum Gasteiger partial charge on any atom is 0.435 e. The molecule has 0 atom stereocenters. The number of aromatic amines is 1. The Labute approximate surface area is 138 Å². The van der Waals surface area contributed by atoms with Crippen LogP contribution < -0.4 is 5.56 Å². The number of rotatable bonds is 4. The summed E-state index contributed by atoms with van der Waals surface area (Å²) >= 11 is 2.68. The molecule has 5 nitrogen and oxygen atoms in total. The first-order valence-corrected chi connectivity index (χ1v) is 8.98. The zero-order valence-corrected chi connectivity index (χ0v) is 13.7. The Morgan fingerprint density at radius 2 is 2.22 bits per heavy atom. The molecule has 0 amide bonds. The molecule has 23 heavy (non-hydrogen) atoms. The lowest BCUT2D eigenvalue weighted by Gasteiger charge is -2.10. The Morgan fingerprint density at radius 3 is 2.91 bits per heavy atom. The summed E-state index contributed by atoms with van der Waals surface area (Å²) in [5.74, 6) is 1.33. The van der Waals surface area contributed by atoms with E-state index in [2.05, 4.69) is 15.0 Å². The van der Waals surface area contributed by atoms with Crippen LogP contribution in [0.5, 0.6) is 0 Å². The number of H-pyrrole nitrogens is 1. The number of aryl methyl sites for hydroxylation is 1. The van der Waals surface area contributed by atoms with Gasteiger partial charge in [-0.05, 0) is 6.92 Å². The third-order valence-electron chi connectivity index (χ3n) is 3.47. The number of thioether (sulfide) groups is 2. The van der Waals surface area contributed by atoms with Crippen LogP contribution in [-0.2, 0) is 30.0 Å². The largest absolute Gasteiger partial charge is 0.435 e. The molecule has 2 aromatic heterocycles. The van der Waals surface area contributed by atoms with Gasteiger partial charge in [0.25, 0.3) is 5.56 Å². The summed E-state index contributed by atoms with van der Waals surface area (Å²) in [6, 6.07) is 0. The van der Waals surface area contributed by atoms with E-state index >= 15 is 0 Å². The fourth-order valence-corrected chi connectivity index (χ4v) is 4.26. The second-order valence-electron chi connectivity index (χ2n) is 4.90. The molecule has 10 heteroatoms. The predicted octanol–water partition coefficient (Wildman–Crippen LogP) is 3.04. The van der Waals surface area contributed by atoms with Crippen molar-refractivity contribution in [1.82, 2.24) is 19.5 Å². The molecule has 1 aliphatic heterocycles. The first-order valence-electron chi connectivity index (χ1n) is 6.84. The molecule has 0 unspecified atom stereocenters. The van der Waals surface area contributed by atoms with Gasteiger partial charge in [0.05, 0.1) is 17.7 Å². The Balaban J connectivity index is 1.85. The molecule has 3 heterocycles. The molecule has 3 rings (SSSR count). The minimum atomic E-state index is -4.49. The van der Waals surface area contributed by atoms with Crippen LogP contribution in [0.3, 0.4) is 0 Å². The Kier molecular flexibility index (Phi) is 4.45. The topological polar surface area (TPSA) is 63.6 Å². The van der Waals surface area contributed by atoms with Gasteiger partial charge >= 0.3 is 6.18 Å². The average Bonchev–Trinajstić information content (AvgIpc) is 3.10. The van der Waals surface area contributed by atoms with E-state index in [1.807, 2.05) is 0 Å². The van der Waals surface area contributed by atoms with E-state index in [1.54, 1.807) is 18.7 Å². The quantitative estimate of drug-likeness (QED) is 0.669. The van der Waals surface area contributed by atoms with Gasteiger partial charge in [-0.2, -0.15) is 24.9 Å². The van der Waals surface area contributed by atoms with Crippen LogP contribution in [0.1, 0.15) is 29.6 Å². The van der Waals surface area contributed by atoms with Crippen molar-refractivity contribution in [2.75, 3.05) is 0 Å². The SMILES string of the molecule is CCn1cnc(C(F)(F)F)c1CSc1nc2c(c(=O)[nH]1)CSC2. The Morgan fingerprint density at radius 1 is 1.43 bits per heavy atom. The van der Waals surface area contributed by atoms with Crippen molar-refractivity contribution < 1.29 is 13.2 Å². The maximum atomic E-state index is 13.0. The first kappa shape index (κ1) is 16.4. The zero-order valence-electron chi connectivity index (χ0n) is 12.1. The van der Waals surface area contributed by atoms with Crippen LogP contribution in [0.2, 0.25) is 0 Å². The van der Waals surface area contributed by atoms with Crippen LogP contribution in [0, 0.1) is 0 Å². The van der Waals surface area contributed by atoms with E-state index in [0.29, 0.717) is 28.8 Å². The Bertz CT molecular complexity index is 785. The summed E-state index contributed by atoms with van der Waals surface area (Å²) in [5, 5.41) is 0.341. The number of hydrogen-bond donors (Lipinski definition) is 1. The summed E-state index contributed by atoms with van der Waals surface area (Å²) in [6.45, 7) is 2.15. The van der Waals surface area contributed by atoms with Crippen LogP contribution >= 0.6 is 23.5 Å². The van der Waals surface area contributed by atoms with E-state index in [-0.39, 0.29) is 17.0 Å². The molecule has 0 bridgehead atoms. The number of aromatic nitrogens is 4. The van der Waals surface area contributed by atoms with Crippen LogP contribution in [0.4, 0.5) is 13.2 Å². The maximum absolute atomic E-state index is 13.0. The molecule has 0 spiro atoms. The highest BCUT2D eigenvalue weighted by molar-refractivity contribution is 7.98. The lowest BCUT2D eigenvalue weighted by molar-refractivity contribution is -0.141. The number of nitrogens with one attached hydrogen (secondary N) is 1. The number of hydrogen-bond acceptors (Lipinski definition) is 5. The highest BCUT2D eigenvalue weighted by Crippen LogP contribution is 2.34. The molecule has 0 radical (unpaired) electrons. The van der Waals surface area contributed by atoms with Crippen LogP contribution in [0.15, 0.2) is 16.3 Å². The molecular weight excluding hydrogens is 349 g/mol. The number of imidazole rings is 1. The second kappa shape index (κ2) is 6.23. The summed E-state index contributed by atoms with van der Waals surface area (Å²) in [6.07, 6.45) is -3.31. The highest BCUT2D eigenvalue weighted by atomic mass is 32.2. The van der Waals surface area contributed by atoms with Crippen molar-refractivity contribution in [3.63, 3.8) is 0 Å². The van der Waals surface area contributed by atoms with Gasteiger partial charge in [-0.15, -0.1) is 0 Å². The van der Waals surface area contributed by atoms with Crippen LogP contribution in [-0.4, -0.2) is 19.5 Å². The normalized spacial score (nSPS) is 14.3. The molecule has 0 aromatic carbocycles. The number of alkyl halides is 3. The van der Waals surface area contributed by atoms with Gasteiger partial charge in [0.2, 0.25) is 0 Å². The molecule has 0 saturated carbocycles. The van der Waals surface area contributed by atoms with Gasteiger partial charge in [-0.25, -0.2) is 9.97 Å². The van der Waals surface area contributed by atoms with Crippen LogP contribution in [0.25, 0.3) is 0 Å². The van der Waals surface area contributed by atoms with Crippen molar-refractivity contribution in [2.45, 2.75) is 42.1 Å². The smallest absolute Gasteiger partial charge is 0.334 e. The Hall–Kier alpha value is -1.42. The summed E-state index contributed by atoms with van der Waals surface area (Å²) in [7, 11) is 0. The van der Waals surface area contributed by atoms with Crippen molar-refractivity contribution >= 4 is 23.5 Å². The molecule has 124 valence electrons. The highest BCUT2D eigenvalue weighted by Gasteiger charge is 2.37.